The first-order valence-corrected chi connectivity index (χ1v) is 7.57. The maximum absolute atomic E-state index is 12.3. The van der Waals surface area contributed by atoms with Gasteiger partial charge in [0.15, 0.2) is 0 Å². The molecule has 0 unspecified atom stereocenters. The summed E-state index contributed by atoms with van der Waals surface area (Å²) in [5.41, 5.74) is 0.0757. The zero-order valence-corrected chi connectivity index (χ0v) is 12.6. The van der Waals surface area contributed by atoms with Gasteiger partial charge in [-0.2, -0.15) is 0 Å². The normalized spacial score (nSPS) is 22.1. The Morgan fingerprint density at radius 2 is 2.19 bits per heavy atom. The fourth-order valence-electron chi connectivity index (χ4n) is 3.01. The number of ether oxygens (including phenoxy) is 1. The van der Waals surface area contributed by atoms with Gasteiger partial charge in [0.25, 0.3) is 0 Å². The van der Waals surface area contributed by atoms with Crippen molar-refractivity contribution in [1.82, 2.24) is 0 Å². The Bertz CT molecular complexity index is 473. The highest BCUT2D eigenvalue weighted by Gasteiger charge is 2.43. The van der Waals surface area contributed by atoms with E-state index in [2.05, 4.69) is 11.7 Å². The lowest BCUT2D eigenvalue weighted by molar-refractivity contribution is -0.161. The summed E-state index contributed by atoms with van der Waals surface area (Å²) in [5.74, 6) is -0.403. The molecular weight excluding hydrogens is 270 g/mol. The molecule has 0 atom stereocenters. The number of hydrogen-bond donors (Lipinski definition) is 1. The van der Waals surface area contributed by atoms with Gasteiger partial charge < -0.3 is 14.7 Å². The van der Waals surface area contributed by atoms with Crippen LogP contribution in [0.3, 0.4) is 0 Å². The third-order valence-electron chi connectivity index (χ3n) is 4.05. The van der Waals surface area contributed by atoms with Gasteiger partial charge in [-0.3, -0.25) is 0 Å². The molecule has 1 aliphatic heterocycles. The van der Waals surface area contributed by atoms with Crippen molar-refractivity contribution in [3.05, 3.63) is 24.0 Å². The largest absolute Gasteiger partial charge is 0.511 e. The topological polar surface area (TPSA) is 68.1 Å². The minimum Gasteiger partial charge on any atom is -0.511 e. The smallest absolute Gasteiger partial charge is 0.344 e. The van der Waals surface area contributed by atoms with Crippen molar-refractivity contribution in [2.75, 3.05) is 6.61 Å². The highest BCUT2D eigenvalue weighted by atomic mass is 16.6. The van der Waals surface area contributed by atoms with Gasteiger partial charge in [0.05, 0.1) is 5.71 Å². The summed E-state index contributed by atoms with van der Waals surface area (Å²) in [4.78, 5) is 17.4. The summed E-state index contributed by atoms with van der Waals surface area (Å²) in [7, 11) is 0. The standard InChI is InChI=1S/C16H23NO4/c1-3-10-20-17-12(4-2)14-13(18)11-16(21-15(14)19)8-6-5-7-9-16/h3,18H,1,4-11H2,2H3. The molecule has 0 aromatic carbocycles. The van der Waals surface area contributed by atoms with Gasteiger partial charge >= 0.3 is 5.97 Å². The Balaban J connectivity index is 2.22. The molecule has 0 radical (unpaired) electrons. The van der Waals surface area contributed by atoms with E-state index in [4.69, 9.17) is 9.57 Å². The first-order valence-electron chi connectivity index (χ1n) is 7.57. The van der Waals surface area contributed by atoms with E-state index < -0.39 is 11.6 Å². The van der Waals surface area contributed by atoms with E-state index in [0.717, 1.165) is 32.1 Å². The highest BCUT2D eigenvalue weighted by molar-refractivity contribution is 6.20. The van der Waals surface area contributed by atoms with Crippen molar-refractivity contribution in [1.29, 1.82) is 0 Å². The maximum atomic E-state index is 12.3. The zero-order chi connectivity index (χ0) is 15.3. The molecule has 1 spiro atoms. The van der Waals surface area contributed by atoms with E-state index in [1.807, 2.05) is 6.92 Å². The molecule has 21 heavy (non-hydrogen) atoms. The average molecular weight is 293 g/mol. The van der Waals surface area contributed by atoms with E-state index in [9.17, 15) is 9.90 Å². The SMILES string of the molecule is C=CCON=C(CC)C1=C(O)CC2(CCCCC2)OC1=O. The Morgan fingerprint density at radius 1 is 1.48 bits per heavy atom. The number of oxime groups is 1. The van der Waals surface area contributed by atoms with Crippen molar-refractivity contribution < 1.29 is 19.5 Å². The molecule has 0 aromatic heterocycles. The average Bonchev–Trinajstić information content (AvgIpc) is 2.45. The third-order valence-corrected chi connectivity index (χ3v) is 4.05. The molecule has 1 saturated carbocycles. The van der Waals surface area contributed by atoms with E-state index >= 15 is 0 Å². The quantitative estimate of drug-likeness (QED) is 0.277. The molecular formula is C16H23NO4. The lowest BCUT2D eigenvalue weighted by atomic mass is 9.79. The van der Waals surface area contributed by atoms with Crippen LogP contribution >= 0.6 is 0 Å². The third kappa shape index (κ3) is 3.46. The first kappa shape index (κ1) is 15.6. The van der Waals surface area contributed by atoms with Crippen LogP contribution in [0, 0.1) is 0 Å². The number of rotatable bonds is 5. The summed E-state index contributed by atoms with van der Waals surface area (Å²) >= 11 is 0. The van der Waals surface area contributed by atoms with Crippen LogP contribution in [0.4, 0.5) is 0 Å². The predicted octanol–water partition coefficient (Wildman–Crippen LogP) is 3.42. The molecule has 1 aliphatic carbocycles. The van der Waals surface area contributed by atoms with Gasteiger partial charge in [0.2, 0.25) is 0 Å². The molecule has 0 aromatic rings. The van der Waals surface area contributed by atoms with Crippen LogP contribution in [-0.2, 0) is 14.4 Å². The van der Waals surface area contributed by atoms with Crippen LogP contribution in [-0.4, -0.2) is 29.0 Å². The number of esters is 1. The van der Waals surface area contributed by atoms with Crippen LogP contribution in [0.2, 0.25) is 0 Å². The Hall–Kier alpha value is -1.78. The van der Waals surface area contributed by atoms with Gasteiger partial charge in [-0.1, -0.05) is 31.2 Å². The number of carbonyl (C=O) groups is 1. The number of hydrogen-bond acceptors (Lipinski definition) is 5. The molecule has 2 rings (SSSR count). The van der Waals surface area contributed by atoms with Crippen LogP contribution < -0.4 is 0 Å². The molecule has 2 aliphatic rings. The minimum absolute atomic E-state index is 0.0796. The van der Waals surface area contributed by atoms with Gasteiger partial charge in [-0.25, -0.2) is 4.79 Å². The number of aliphatic hydroxyl groups is 1. The van der Waals surface area contributed by atoms with Crippen molar-refractivity contribution in [3.63, 3.8) is 0 Å². The summed E-state index contributed by atoms with van der Waals surface area (Å²) in [6.45, 7) is 5.65. The lowest BCUT2D eigenvalue weighted by Crippen LogP contribution is -2.43. The fraction of sp³-hybridized carbons (Fsp3) is 0.625. The van der Waals surface area contributed by atoms with E-state index in [-0.39, 0.29) is 17.9 Å². The van der Waals surface area contributed by atoms with Crippen molar-refractivity contribution >= 4 is 11.7 Å². The molecule has 1 fully saturated rings. The zero-order valence-electron chi connectivity index (χ0n) is 12.6. The van der Waals surface area contributed by atoms with Gasteiger partial charge in [-0.15, -0.1) is 0 Å². The maximum Gasteiger partial charge on any atom is 0.344 e. The monoisotopic (exact) mass is 293 g/mol. The molecule has 0 saturated heterocycles. The number of carbonyl (C=O) groups excluding carboxylic acids is 1. The Labute approximate surface area is 125 Å². The van der Waals surface area contributed by atoms with Crippen molar-refractivity contribution in [2.45, 2.75) is 57.5 Å². The van der Waals surface area contributed by atoms with Gasteiger partial charge in [0.1, 0.15) is 23.5 Å². The van der Waals surface area contributed by atoms with E-state index in [1.54, 1.807) is 6.08 Å². The molecule has 1 heterocycles. The molecule has 0 bridgehead atoms. The second kappa shape index (κ2) is 6.78. The summed E-state index contributed by atoms with van der Waals surface area (Å²) in [5, 5.41) is 14.3. The number of nitrogens with zero attached hydrogens (tertiary/aromatic N) is 1. The summed E-state index contributed by atoms with van der Waals surface area (Å²) < 4.78 is 5.67. The van der Waals surface area contributed by atoms with Crippen LogP contribution in [0.15, 0.2) is 29.1 Å². The van der Waals surface area contributed by atoms with Crippen molar-refractivity contribution in [2.24, 2.45) is 5.16 Å². The summed E-state index contributed by atoms with van der Waals surface area (Å²) in [6, 6.07) is 0. The van der Waals surface area contributed by atoms with Crippen molar-refractivity contribution in [3.8, 4) is 0 Å². The van der Waals surface area contributed by atoms with Crippen LogP contribution in [0.5, 0.6) is 0 Å². The molecule has 0 amide bonds. The fourth-order valence-corrected chi connectivity index (χ4v) is 3.01. The lowest BCUT2D eigenvalue weighted by Gasteiger charge is -2.39. The van der Waals surface area contributed by atoms with Crippen LogP contribution in [0.25, 0.3) is 0 Å². The molecule has 5 nitrogen and oxygen atoms in total. The predicted molar refractivity (Wildman–Crippen MR) is 80.1 cm³/mol. The second-order valence-corrected chi connectivity index (χ2v) is 5.61. The Morgan fingerprint density at radius 3 is 2.76 bits per heavy atom. The highest BCUT2D eigenvalue weighted by Crippen LogP contribution is 2.40. The van der Waals surface area contributed by atoms with Gasteiger partial charge in [0, 0.05) is 6.42 Å². The first-order chi connectivity index (χ1) is 10.1. The van der Waals surface area contributed by atoms with E-state index in [1.165, 1.54) is 0 Å². The minimum atomic E-state index is -0.510. The van der Waals surface area contributed by atoms with Crippen LogP contribution in [0.1, 0.15) is 51.9 Å². The van der Waals surface area contributed by atoms with E-state index in [0.29, 0.717) is 18.6 Å². The summed E-state index contributed by atoms with van der Waals surface area (Å²) in [6.07, 6.45) is 7.31. The second-order valence-electron chi connectivity index (χ2n) is 5.61. The molecule has 116 valence electrons. The number of aliphatic hydroxyl groups excluding tert-OH is 1. The molecule has 5 heteroatoms. The molecule has 1 N–H and O–H groups in total. The van der Waals surface area contributed by atoms with Gasteiger partial charge in [-0.05, 0) is 32.1 Å². The Kier molecular flexibility index (Phi) is 5.04.